The van der Waals surface area contributed by atoms with Crippen molar-refractivity contribution in [2.75, 3.05) is 12.0 Å². The monoisotopic (exact) mass is 490 g/mol. The van der Waals surface area contributed by atoms with Crippen LogP contribution >= 0.6 is 11.6 Å². The van der Waals surface area contributed by atoms with E-state index in [4.69, 9.17) is 21.1 Å². The molecule has 2 aromatic carbocycles. The van der Waals surface area contributed by atoms with E-state index in [1.54, 1.807) is 38.1 Å². The Kier molecular flexibility index (Phi) is 7.72. The van der Waals surface area contributed by atoms with E-state index >= 15 is 0 Å². The molecule has 0 saturated heterocycles. The van der Waals surface area contributed by atoms with Crippen LogP contribution in [0.15, 0.2) is 52.1 Å². The highest BCUT2D eigenvalue weighted by atomic mass is 35.5. The summed E-state index contributed by atoms with van der Waals surface area (Å²) < 4.78 is 26.3. The van der Waals surface area contributed by atoms with Crippen LogP contribution < -0.4 is 21.0 Å². The number of nitrogens with zero attached hydrogens (tertiary/aromatic N) is 3. The zero-order chi connectivity index (χ0) is 25.0. The molecule has 180 valence electrons. The number of H-pyrrole nitrogens is 1. The molecule has 1 unspecified atom stereocenters. The van der Waals surface area contributed by atoms with Gasteiger partial charge in [-0.05, 0) is 50.6 Å². The predicted molar refractivity (Wildman–Crippen MR) is 125 cm³/mol. The van der Waals surface area contributed by atoms with Crippen molar-refractivity contribution in [3.63, 3.8) is 0 Å². The number of aromatic amines is 1. The fraction of sp³-hybridized carbons (Fsp3) is 0.304. The van der Waals surface area contributed by atoms with Crippen molar-refractivity contribution < 1.29 is 18.7 Å². The second-order valence-corrected chi connectivity index (χ2v) is 8.15. The van der Waals surface area contributed by atoms with E-state index in [1.807, 2.05) is 0 Å². The molecule has 0 amide bonds. The smallest absolute Gasteiger partial charge is 0.352 e. The Hall–Kier alpha value is -3.66. The molecule has 11 heteroatoms. The third kappa shape index (κ3) is 5.63. The second-order valence-electron chi connectivity index (χ2n) is 7.71. The quantitative estimate of drug-likeness (QED) is 0.483. The number of carbonyl (C=O) groups is 1. The normalized spacial score (nSPS) is 11.9. The number of methoxy groups -OCH3 is 1. The highest BCUT2D eigenvalue weighted by Gasteiger charge is 2.29. The average molecular weight is 491 g/mol. The van der Waals surface area contributed by atoms with Crippen molar-refractivity contribution in [3.8, 4) is 5.75 Å². The van der Waals surface area contributed by atoms with Gasteiger partial charge in [0.05, 0.1) is 19.8 Å². The van der Waals surface area contributed by atoms with E-state index in [-0.39, 0.29) is 30.0 Å². The first-order valence-electron chi connectivity index (χ1n) is 10.4. The van der Waals surface area contributed by atoms with Gasteiger partial charge in [-0.3, -0.25) is 14.5 Å². The van der Waals surface area contributed by atoms with Crippen LogP contribution in [0.5, 0.6) is 5.75 Å². The van der Waals surface area contributed by atoms with Crippen molar-refractivity contribution in [3.05, 3.63) is 79.8 Å². The second kappa shape index (κ2) is 10.5. The van der Waals surface area contributed by atoms with Crippen LogP contribution in [-0.4, -0.2) is 39.8 Å². The van der Waals surface area contributed by atoms with Crippen LogP contribution in [-0.2, 0) is 16.1 Å². The summed E-state index contributed by atoms with van der Waals surface area (Å²) in [5, 5.41) is 0.510. The molecule has 0 aliphatic carbocycles. The van der Waals surface area contributed by atoms with Gasteiger partial charge in [0.1, 0.15) is 6.04 Å². The van der Waals surface area contributed by atoms with E-state index in [0.29, 0.717) is 10.6 Å². The minimum Gasteiger partial charge on any atom is -0.488 e. The summed E-state index contributed by atoms with van der Waals surface area (Å²) in [5.74, 6) is -1.53. The first-order chi connectivity index (χ1) is 16.1. The summed E-state index contributed by atoms with van der Waals surface area (Å²) in [4.78, 5) is 44.8. The molecule has 0 fully saturated rings. The molecular formula is C23H24ClFN4O5. The number of rotatable bonds is 8. The molecule has 0 bridgehead atoms. The highest BCUT2D eigenvalue weighted by molar-refractivity contribution is 6.30. The highest BCUT2D eigenvalue weighted by Crippen LogP contribution is 2.30. The lowest BCUT2D eigenvalue weighted by atomic mass is 10.2. The minimum absolute atomic E-state index is 0.00344. The molecule has 1 N–H and O–H groups in total. The van der Waals surface area contributed by atoms with Crippen molar-refractivity contribution in [1.29, 1.82) is 0 Å². The number of hydrogen-bond donors (Lipinski definition) is 1. The SMILES string of the molecule is COC(=O)C(C)N(c1ccc(OC(C)C)c(F)c1)c1nc(=O)[nH]c(=O)n1Cc1ccc(Cl)cc1. The maximum Gasteiger partial charge on any atom is 0.352 e. The van der Waals surface area contributed by atoms with Gasteiger partial charge in [0, 0.05) is 16.8 Å². The molecule has 0 spiro atoms. The molecule has 0 radical (unpaired) electrons. The van der Waals surface area contributed by atoms with Crippen LogP contribution in [0.3, 0.4) is 0 Å². The van der Waals surface area contributed by atoms with Gasteiger partial charge in [-0.1, -0.05) is 23.7 Å². The third-order valence-electron chi connectivity index (χ3n) is 4.86. The first-order valence-corrected chi connectivity index (χ1v) is 10.8. The molecular weight excluding hydrogens is 467 g/mol. The molecule has 1 aromatic heterocycles. The first kappa shape index (κ1) is 25.0. The number of aromatic nitrogens is 3. The van der Waals surface area contributed by atoms with E-state index in [2.05, 4.69) is 9.97 Å². The van der Waals surface area contributed by atoms with Gasteiger partial charge in [0.15, 0.2) is 11.6 Å². The zero-order valence-electron chi connectivity index (χ0n) is 19.0. The Labute approximate surface area is 199 Å². The lowest BCUT2D eigenvalue weighted by Crippen LogP contribution is -2.43. The fourth-order valence-corrected chi connectivity index (χ4v) is 3.43. The van der Waals surface area contributed by atoms with E-state index in [9.17, 15) is 18.8 Å². The van der Waals surface area contributed by atoms with E-state index < -0.39 is 29.2 Å². The third-order valence-corrected chi connectivity index (χ3v) is 5.11. The fourth-order valence-electron chi connectivity index (χ4n) is 3.31. The number of anilines is 2. The average Bonchev–Trinajstić information content (AvgIpc) is 2.78. The summed E-state index contributed by atoms with van der Waals surface area (Å²) in [6.45, 7) is 5.00. The lowest BCUT2D eigenvalue weighted by Gasteiger charge is -2.30. The summed E-state index contributed by atoms with van der Waals surface area (Å²) >= 11 is 5.95. The van der Waals surface area contributed by atoms with Crippen LogP contribution in [0.1, 0.15) is 26.3 Å². The Morgan fingerprint density at radius 3 is 2.44 bits per heavy atom. The predicted octanol–water partition coefficient (Wildman–Crippen LogP) is 3.26. The Bertz CT molecular complexity index is 1290. The van der Waals surface area contributed by atoms with Crippen LogP contribution in [0.2, 0.25) is 5.02 Å². The number of benzene rings is 2. The van der Waals surface area contributed by atoms with Crippen molar-refractivity contribution in [2.24, 2.45) is 0 Å². The van der Waals surface area contributed by atoms with Gasteiger partial charge in [0.2, 0.25) is 5.95 Å². The van der Waals surface area contributed by atoms with Gasteiger partial charge in [-0.25, -0.2) is 18.8 Å². The Morgan fingerprint density at radius 1 is 1.18 bits per heavy atom. The molecule has 3 aromatic rings. The van der Waals surface area contributed by atoms with Crippen molar-refractivity contribution >= 4 is 29.2 Å². The van der Waals surface area contributed by atoms with Gasteiger partial charge >= 0.3 is 17.3 Å². The molecule has 34 heavy (non-hydrogen) atoms. The zero-order valence-corrected chi connectivity index (χ0v) is 19.8. The molecule has 9 nitrogen and oxygen atoms in total. The van der Waals surface area contributed by atoms with Gasteiger partial charge < -0.3 is 9.47 Å². The maximum absolute atomic E-state index is 14.8. The number of nitrogens with one attached hydrogen (secondary N) is 1. The van der Waals surface area contributed by atoms with Gasteiger partial charge in [-0.2, -0.15) is 4.98 Å². The topological polar surface area (TPSA) is 107 Å². The molecule has 3 rings (SSSR count). The summed E-state index contributed by atoms with van der Waals surface area (Å²) in [5.41, 5.74) is -0.838. The number of halogens is 2. The largest absolute Gasteiger partial charge is 0.488 e. The standard InChI is InChI=1S/C23H24ClFN4O5/c1-13(2)34-19-10-9-17(11-18(19)25)29(14(3)20(30)33-4)22-26-21(31)27-23(32)28(22)12-15-5-7-16(24)8-6-15/h5-11,13-14H,12H2,1-4H3,(H,27,31,32). The number of hydrogen-bond acceptors (Lipinski definition) is 7. The minimum atomic E-state index is -1.06. The van der Waals surface area contributed by atoms with Crippen LogP contribution in [0, 0.1) is 5.82 Å². The Balaban J connectivity index is 2.19. The Morgan fingerprint density at radius 2 is 1.85 bits per heavy atom. The van der Waals surface area contributed by atoms with Gasteiger partial charge in [-0.15, -0.1) is 0 Å². The van der Waals surface area contributed by atoms with Crippen molar-refractivity contribution in [2.45, 2.75) is 39.5 Å². The van der Waals surface area contributed by atoms with Crippen LogP contribution in [0.4, 0.5) is 16.0 Å². The summed E-state index contributed by atoms with van der Waals surface area (Å²) in [7, 11) is 1.20. The van der Waals surface area contributed by atoms with E-state index in [0.717, 1.165) is 6.07 Å². The van der Waals surface area contributed by atoms with Gasteiger partial charge in [0.25, 0.3) is 0 Å². The summed E-state index contributed by atoms with van der Waals surface area (Å²) in [6, 6.07) is 9.68. The lowest BCUT2D eigenvalue weighted by molar-refractivity contribution is -0.141. The molecule has 0 saturated carbocycles. The van der Waals surface area contributed by atoms with Crippen molar-refractivity contribution in [1.82, 2.24) is 14.5 Å². The molecule has 0 aliphatic heterocycles. The number of ether oxygens (including phenoxy) is 2. The van der Waals surface area contributed by atoms with Crippen LogP contribution in [0.25, 0.3) is 0 Å². The number of esters is 1. The summed E-state index contributed by atoms with van der Waals surface area (Å²) in [6.07, 6.45) is -0.260. The maximum atomic E-state index is 14.8. The van der Waals surface area contributed by atoms with E-state index in [1.165, 1.54) is 35.6 Å². The number of carbonyl (C=O) groups excluding carboxylic acids is 1. The molecule has 0 aliphatic rings. The molecule has 1 atom stereocenters. The molecule has 1 heterocycles.